The second kappa shape index (κ2) is 4.93. The van der Waals surface area contributed by atoms with Gasteiger partial charge in [-0.2, -0.15) is 0 Å². The Balaban J connectivity index is 2.78. The summed E-state index contributed by atoms with van der Waals surface area (Å²) in [5.41, 5.74) is 1.72. The molecule has 0 amide bonds. The van der Waals surface area contributed by atoms with E-state index in [1.54, 1.807) is 0 Å². The zero-order valence-corrected chi connectivity index (χ0v) is 9.55. The van der Waals surface area contributed by atoms with Crippen LogP contribution >= 0.6 is 11.6 Å². The maximum Gasteiger partial charge on any atom is 0.325 e. The van der Waals surface area contributed by atoms with Crippen molar-refractivity contribution in [1.29, 1.82) is 0 Å². The Kier molecular flexibility index (Phi) is 3.85. The topological polar surface area (TPSA) is 64.1 Å². The standard InChI is InChI=1S/C9H12ClN3O2/c1-5-6(2)9(13-12-8(5)10)11-4-7(14)15-3/h4H2,1-3H3,(H,11,13). The van der Waals surface area contributed by atoms with E-state index in [9.17, 15) is 4.79 Å². The normalized spacial score (nSPS) is 9.87. The zero-order chi connectivity index (χ0) is 11.4. The molecule has 0 radical (unpaired) electrons. The molecule has 6 heteroatoms. The van der Waals surface area contributed by atoms with Gasteiger partial charge in [-0.05, 0) is 25.0 Å². The predicted octanol–water partition coefficient (Wildman–Crippen LogP) is 1.33. The molecular formula is C9H12ClN3O2. The summed E-state index contributed by atoms with van der Waals surface area (Å²) in [5.74, 6) is 0.186. The molecule has 0 unspecified atom stereocenters. The minimum atomic E-state index is -0.358. The van der Waals surface area contributed by atoms with E-state index in [-0.39, 0.29) is 12.5 Å². The number of rotatable bonds is 3. The van der Waals surface area contributed by atoms with E-state index in [4.69, 9.17) is 11.6 Å². The Bertz CT molecular complexity index is 382. The highest BCUT2D eigenvalue weighted by Crippen LogP contribution is 2.20. The highest BCUT2D eigenvalue weighted by atomic mass is 35.5. The maximum atomic E-state index is 10.9. The monoisotopic (exact) mass is 229 g/mol. The first-order valence-corrected chi connectivity index (χ1v) is 4.74. The molecule has 1 aromatic rings. The van der Waals surface area contributed by atoms with Crippen LogP contribution in [0.3, 0.4) is 0 Å². The summed E-state index contributed by atoms with van der Waals surface area (Å²) in [6, 6.07) is 0. The van der Waals surface area contributed by atoms with Crippen LogP contribution in [0, 0.1) is 13.8 Å². The number of hydrogen-bond acceptors (Lipinski definition) is 5. The fraction of sp³-hybridized carbons (Fsp3) is 0.444. The third-order valence-corrected chi connectivity index (χ3v) is 2.45. The molecule has 1 N–H and O–H groups in total. The van der Waals surface area contributed by atoms with Gasteiger partial charge in [0.15, 0.2) is 11.0 Å². The second-order valence-electron chi connectivity index (χ2n) is 3.02. The van der Waals surface area contributed by atoms with Crippen molar-refractivity contribution in [1.82, 2.24) is 10.2 Å². The summed E-state index contributed by atoms with van der Waals surface area (Å²) in [4.78, 5) is 10.9. The molecule has 0 aromatic carbocycles. The smallest absolute Gasteiger partial charge is 0.325 e. The van der Waals surface area contributed by atoms with Gasteiger partial charge in [-0.15, -0.1) is 10.2 Å². The Morgan fingerprint density at radius 1 is 1.40 bits per heavy atom. The lowest BCUT2D eigenvalue weighted by Crippen LogP contribution is -2.17. The van der Waals surface area contributed by atoms with Gasteiger partial charge in [0.1, 0.15) is 6.54 Å². The molecule has 0 bridgehead atoms. The molecule has 0 spiro atoms. The van der Waals surface area contributed by atoms with E-state index in [2.05, 4.69) is 20.3 Å². The Morgan fingerprint density at radius 3 is 2.67 bits per heavy atom. The summed E-state index contributed by atoms with van der Waals surface area (Å²) in [7, 11) is 1.33. The molecule has 1 heterocycles. The molecule has 0 saturated carbocycles. The number of aromatic nitrogens is 2. The minimum Gasteiger partial charge on any atom is -0.468 e. The summed E-state index contributed by atoms with van der Waals surface area (Å²) in [6.07, 6.45) is 0. The fourth-order valence-corrected chi connectivity index (χ4v) is 1.15. The van der Waals surface area contributed by atoms with Gasteiger partial charge in [0.05, 0.1) is 7.11 Å². The van der Waals surface area contributed by atoms with Gasteiger partial charge in [0, 0.05) is 0 Å². The molecule has 5 nitrogen and oxygen atoms in total. The largest absolute Gasteiger partial charge is 0.468 e. The van der Waals surface area contributed by atoms with E-state index in [1.165, 1.54) is 7.11 Å². The second-order valence-corrected chi connectivity index (χ2v) is 3.38. The van der Waals surface area contributed by atoms with Crippen molar-refractivity contribution in [2.24, 2.45) is 0 Å². The van der Waals surface area contributed by atoms with Gasteiger partial charge in [-0.3, -0.25) is 4.79 Å². The number of carbonyl (C=O) groups excluding carboxylic acids is 1. The molecular weight excluding hydrogens is 218 g/mol. The number of carbonyl (C=O) groups is 1. The fourth-order valence-electron chi connectivity index (χ4n) is 0.972. The van der Waals surface area contributed by atoms with Crippen LogP contribution in [-0.2, 0) is 9.53 Å². The molecule has 0 saturated heterocycles. The third-order valence-electron chi connectivity index (χ3n) is 2.09. The Hall–Kier alpha value is -1.36. The number of halogens is 1. The van der Waals surface area contributed by atoms with Crippen LogP contribution in [0.15, 0.2) is 0 Å². The average Bonchev–Trinajstić information content (AvgIpc) is 2.24. The summed E-state index contributed by atoms with van der Waals surface area (Å²) in [5, 5.41) is 10.8. The molecule has 0 aliphatic carbocycles. The van der Waals surface area contributed by atoms with Gasteiger partial charge in [-0.25, -0.2) is 0 Å². The van der Waals surface area contributed by atoms with E-state index in [1.807, 2.05) is 13.8 Å². The number of hydrogen-bond donors (Lipinski definition) is 1. The van der Waals surface area contributed by atoms with E-state index < -0.39 is 0 Å². The number of esters is 1. The average molecular weight is 230 g/mol. The predicted molar refractivity (Wildman–Crippen MR) is 57.0 cm³/mol. The molecule has 0 aliphatic rings. The van der Waals surface area contributed by atoms with Crippen LogP contribution in [0.5, 0.6) is 0 Å². The van der Waals surface area contributed by atoms with Crippen molar-refractivity contribution in [3.05, 3.63) is 16.3 Å². The van der Waals surface area contributed by atoms with Crippen LogP contribution in [0.4, 0.5) is 5.82 Å². The highest BCUT2D eigenvalue weighted by Gasteiger charge is 2.08. The van der Waals surface area contributed by atoms with Gasteiger partial charge in [0.2, 0.25) is 0 Å². The van der Waals surface area contributed by atoms with Crippen molar-refractivity contribution < 1.29 is 9.53 Å². The van der Waals surface area contributed by atoms with Crippen LogP contribution in [0.25, 0.3) is 0 Å². The van der Waals surface area contributed by atoms with Crippen molar-refractivity contribution in [2.75, 3.05) is 19.0 Å². The van der Waals surface area contributed by atoms with Crippen molar-refractivity contribution >= 4 is 23.4 Å². The van der Waals surface area contributed by atoms with Crippen LogP contribution in [0.2, 0.25) is 5.15 Å². The summed E-state index contributed by atoms with van der Waals surface area (Å²) >= 11 is 5.78. The van der Waals surface area contributed by atoms with Crippen LogP contribution in [-0.4, -0.2) is 29.8 Å². The van der Waals surface area contributed by atoms with Gasteiger partial charge >= 0.3 is 5.97 Å². The first kappa shape index (κ1) is 11.7. The molecule has 1 rings (SSSR count). The third kappa shape index (κ3) is 2.79. The minimum absolute atomic E-state index is 0.0626. The van der Waals surface area contributed by atoms with Gasteiger partial charge in [-0.1, -0.05) is 11.6 Å². The lowest BCUT2D eigenvalue weighted by Gasteiger charge is -2.08. The van der Waals surface area contributed by atoms with Crippen molar-refractivity contribution in [3.63, 3.8) is 0 Å². The zero-order valence-electron chi connectivity index (χ0n) is 8.80. The van der Waals surface area contributed by atoms with E-state index in [0.29, 0.717) is 11.0 Å². The lowest BCUT2D eigenvalue weighted by molar-refractivity contribution is -0.138. The van der Waals surface area contributed by atoms with Crippen molar-refractivity contribution in [2.45, 2.75) is 13.8 Å². The van der Waals surface area contributed by atoms with Gasteiger partial charge in [0.25, 0.3) is 0 Å². The first-order valence-electron chi connectivity index (χ1n) is 4.36. The Labute approximate surface area is 92.8 Å². The number of methoxy groups -OCH3 is 1. The van der Waals surface area contributed by atoms with Gasteiger partial charge < -0.3 is 10.1 Å². The summed E-state index contributed by atoms with van der Waals surface area (Å²) in [6.45, 7) is 3.76. The Morgan fingerprint density at radius 2 is 2.07 bits per heavy atom. The molecule has 0 aliphatic heterocycles. The number of nitrogens with one attached hydrogen (secondary N) is 1. The van der Waals surface area contributed by atoms with E-state index in [0.717, 1.165) is 11.1 Å². The lowest BCUT2D eigenvalue weighted by atomic mass is 10.2. The number of anilines is 1. The SMILES string of the molecule is COC(=O)CNc1nnc(Cl)c(C)c1C. The molecule has 15 heavy (non-hydrogen) atoms. The first-order chi connectivity index (χ1) is 7.06. The highest BCUT2D eigenvalue weighted by molar-refractivity contribution is 6.30. The molecule has 0 atom stereocenters. The molecule has 0 fully saturated rings. The summed E-state index contributed by atoms with van der Waals surface area (Å²) < 4.78 is 4.49. The number of ether oxygens (including phenoxy) is 1. The van der Waals surface area contributed by atoms with Crippen LogP contribution < -0.4 is 5.32 Å². The number of nitrogens with zero attached hydrogens (tertiary/aromatic N) is 2. The van der Waals surface area contributed by atoms with E-state index >= 15 is 0 Å². The van der Waals surface area contributed by atoms with Crippen molar-refractivity contribution in [3.8, 4) is 0 Å². The maximum absolute atomic E-state index is 10.9. The molecule has 1 aromatic heterocycles. The molecule has 82 valence electrons. The van der Waals surface area contributed by atoms with Crippen LogP contribution in [0.1, 0.15) is 11.1 Å². The quantitative estimate of drug-likeness (QED) is 0.793.